The van der Waals surface area contributed by atoms with Crippen LogP contribution in [0.25, 0.3) is 0 Å². The monoisotopic (exact) mass is 456 g/mol. The molecule has 0 unspecified atom stereocenters. The maximum atomic E-state index is 12.0. The average molecular weight is 457 g/mol. The van der Waals surface area contributed by atoms with Gasteiger partial charge in [0.15, 0.2) is 6.61 Å². The Kier molecular flexibility index (Phi) is 8.04. The van der Waals surface area contributed by atoms with Crippen molar-refractivity contribution in [3.63, 3.8) is 0 Å². The molecule has 3 rings (SSSR count). The topological polar surface area (TPSA) is 77.0 Å². The Bertz CT molecular complexity index is 1070. The Morgan fingerprint density at radius 1 is 0.968 bits per heavy atom. The highest BCUT2D eigenvalue weighted by Crippen LogP contribution is 2.27. The maximum absolute atomic E-state index is 12.0. The highest BCUT2D eigenvalue weighted by molar-refractivity contribution is 6.35. The first-order valence-electron chi connectivity index (χ1n) is 9.24. The van der Waals surface area contributed by atoms with Crippen LogP contribution in [0.2, 0.25) is 10.0 Å². The molecule has 3 aromatic carbocycles. The van der Waals surface area contributed by atoms with E-state index < -0.39 is 5.91 Å². The molecular formula is C23H18Cl2N2O4. The molecule has 0 bridgehead atoms. The molecule has 6 nitrogen and oxygen atoms in total. The molecule has 0 aromatic heterocycles. The largest absolute Gasteiger partial charge is 0.482 e. The predicted molar refractivity (Wildman–Crippen MR) is 120 cm³/mol. The van der Waals surface area contributed by atoms with Gasteiger partial charge in [0.25, 0.3) is 5.91 Å². The summed E-state index contributed by atoms with van der Waals surface area (Å²) in [6.45, 7) is -0.255. The molecule has 1 amide bonds. The van der Waals surface area contributed by atoms with E-state index in [0.29, 0.717) is 27.1 Å². The minimum atomic E-state index is -0.450. The van der Waals surface area contributed by atoms with Crippen LogP contribution in [0.3, 0.4) is 0 Å². The second-order valence-corrected chi connectivity index (χ2v) is 7.21. The normalized spacial score (nSPS) is 10.6. The lowest BCUT2D eigenvalue weighted by atomic mass is 10.1. The average Bonchev–Trinajstić information content (AvgIpc) is 2.75. The molecule has 0 spiro atoms. The Balaban J connectivity index is 1.43. The number of carbonyl (C=O) groups excluding carboxylic acids is 2. The van der Waals surface area contributed by atoms with E-state index in [9.17, 15) is 9.59 Å². The van der Waals surface area contributed by atoms with E-state index in [2.05, 4.69) is 10.5 Å². The highest BCUT2D eigenvalue weighted by Gasteiger charge is 2.07. The number of carbonyl (C=O) groups is 2. The van der Waals surface area contributed by atoms with Crippen molar-refractivity contribution in [2.75, 3.05) is 6.61 Å². The van der Waals surface area contributed by atoms with Gasteiger partial charge in [0.2, 0.25) is 0 Å². The Morgan fingerprint density at radius 2 is 1.71 bits per heavy atom. The molecule has 0 atom stereocenters. The van der Waals surface area contributed by atoms with Crippen molar-refractivity contribution in [3.8, 4) is 11.5 Å². The Hall–Kier alpha value is -3.35. The van der Waals surface area contributed by atoms with Crippen molar-refractivity contribution in [3.05, 3.63) is 94.0 Å². The van der Waals surface area contributed by atoms with Gasteiger partial charge < -0.3 is 9.47 Å². The fourth-order valence-corrected chi connectivity index (χ4v) is 2.96. The smallest absolute Gasteiger partial charge is 0.315 e. The molecular weight excluding hydrogens is 439 g/mol. The van der Waals surface area contributed by atoms with Crippen LogP contribution in [0.1, 0.15) is 11.1 Å². The number of ether oxygens (including phenoxy) is 2. The molecule has 1 N–H and O–H groups in total. The van der Waals surface area contributed by atoms with E-state index in [4.69, 9.17) is 32.7 Å². The number of benzene rings is 3. The fourth-order valence-electron chi connectivity index (χ4n) is 2.50. The van der Waals surface area contributed by atoms with E-state index in [1.54, 1.807) is 36.4 Å². The van der Waals surface area contributed by atoms with E-state index in [1.807, 2.05) is 30.3 Å². The van der Waals surface area contributed by atoms with Crippen molar-refractivity contribution >= 4 is 41.3 Å². The van der Waals surface area contributed by atoms with E-state index >= 15 is 0 Å². The lowest BCUT2D eigenvalue weighted by Gasteiger charge is -2.07. The highest BCUT2D eigenvalue weighted by atomic mass is 35.5. The van der Waals surface area contributed by atoms with Crippen molar-refractivity contribution in [1.29, 1.82) is 0 Å². The van der Waals surface area contributed by atoms with E-state index in [0.717, 1.165) is 5.56 Å². The Morgan fingerprint density at radius 3 is 2.42 bits per heavy atom. The molecule has 0 saturated heterocycles. The van der Waals surface area contributed by atoms with Crippen LogP contribution in [0.15, 0.2) is 77.9 Å². The third-order valence-corrected chi connectivity index (χ3v) is 4.49. The number of nitrogens with one attached hydrogen (secondary N) is 1. The summed E-state index contributed by atoms with van der Waals surface area (Å²) in [7, 11) is 0. The first-order valence-corrected chi connectivity index (χ1v) is 9.99. The van der Waals surface area contributed by atoms with Crippen molar-refractivity contribution in [2.24, 2.45) is 5.10 Å². The molecule has 3 aromatic rings. The maximum Gasteiger partial charge on any atom is 0.315 e. The summed E-state index contributed by atoms with van der Waals surface area (Å²) in [4.78, 5) is 23.8. The number of nitrogens with zero attached hydrogens (tertiary/aromatic N) is 1. The summed E-state index contributed by atoms with van der Waals surface area (Å²) in [5.74, 6) is -0.0210. The molecule has 0 fully saturated rings. The predicted octanol–water partition coefficient (Wildman–Crippen LogP) is 4.67. The summed E-state index contributed by atoms with van der Waals surface area (Å²) in [6.07, 6.45) is 1.65. The van der Waals surface area contributed by atoms with Gasteiger partial charge in [0, 0.05) is 5.02 Å². The van der Waals surface area contributed by atoms with Gasteiger partial charge in [0.05, 0.1) is 17.7 Å². The fraction of sp³-hybridized carbons (Fsp3) is 0.0870. The van der Waals surface area contributed by atoms with Gasteiger partial charge in [-0.15, -0.1) is 0 Å². The minimum absolute atomic E-state index is 0.194. The van der Waals surface area contributed by atoms with E-state index in [-0.39, 0.29) is 19.0 Å². The third kappa shape index (κ3) is 7.44. The first kappa shape index (κ1) is 22.3. The zero-order chi connectivity index (χ0) is 22.1. The van der Waals surface area contributed by atoms with Gasteiger partial charge in [-0.2, -0.15) is 5.10 Å². The summed E-state index contributed by atoms with van der Waals surface area (Å²) >= 11 is 11.8. The lowest BCUT2D eigenvalue weighted by molar-refractivity contribution is -0.133. The van der Waals surface area contributed by atoms with Crippen LogP contribution in [0.4, 0.5) is 0 Å². The number of halogens is 2. The first-order chi connectivity index (χ1) is 15.0. The quantitative estimate of drug-likeness (QED) is 0.231. The second kappa shape index (κ2) is 11.2. The molecule has 0 aliphatic carbocycles. The minimum Gasteiger partial charge on any atom is -0.482 e. The molecule has 31 heavy (non-hydrogen) atoms. The van der Waals surface area contributed by atoms with Crippen LogP contribution < -0.4 is 14.9 Å². The number of amides is 1. The summed E-state index contributed by atoms with van der Waals surface area (Å²) in [6, 6.07) is 20.8. The molecule has 0 aliphatic heterocycles. The van der Waals surface area contributed by atoms with Gasteiger partial charge >= 0.3 is 5.97 Å². The zero-order valence-electron chi connectivity index (χ0n) is 16.3. The van der Waals surface area contributed by atoms with Gasteiger partial charge in [-0.05, 0) is 53.6 Å². The zero-order valence-corrected chi connectivity index (χ0v) is 17.8. The molecule has 0 aliphatic rings. The molecule has 158 valence electrons. The van der Waals surface area contributed by atoms with Crippen LogP contribution >= 0.6 is 23.2 Å². The SMILES string of the molecule is O=C(COc1ccc(Cl)cc1Cl)N/N=C\c1ccc(OC(=O)Cc2ccccc2)cc1. The molecule has 8 heteroatoms. The molecule has 0 saturated carbocycles. The standard InChI is InChI=1S/C23H18Cl2N2O4/c24-18-8-11-21(20(25)13-18)30-15-22(28)27-26-14-17-6-9-19(10-7-17)31-23(29)12-16-4-2-1-3-5-16/h1-11,13-14H,12,15H2,(H,27,28)/b26-14-. The summed E-state index contributed by atoms with van der Waals surface area (Å²) in [5, 5.41) is 4.66. The van der Waals surface area contributed by atoms with Crippen molar-refractivity contribution < 1.29 is 19.1 Å². The van der Waals surface area contributed by atoms with Gasteiger partial charge in [0.1, 0.15) is 11.5 Å². The van der Waals surface area contributed by atoms with Gasteiger partial charge in [-0.25, -0.2) is 5.43 Å². The second-order valence-electron chi connectivity index (χ2n) is 6.36. The lowest BCUT2D eigenvalue weighted by Crippen LogP contribution is -2.24. The molecule has 0 radical (unpaired) electrons. The number of esters is 1. The van der Waals surface area contributed by atoms with Crippen LogP contribution in [0, 0.1) is 0 Å². The van der Waals surface area contributed by atoms with Crippen LogP contribution in [0.5, 0.6) is 11.5 Å². The van der Waals surface area contributed by atoms with Crippen LogP contribution in [-0.4, -0.2) is 24.7 Å². The molecule has 0 heterocycles. The summed E-state index contributed by atoms with van der Waals surface area (Å²) < 4.78 is 10.6. The third-order valence-electron chi connectivity index (χ3n) is 3.96. The van der Waals surface area contributed by atoms with Crippen LogP contribution in [-0.2, 0) is 16.0 Å². The van der Waals surface area contributed by atoms with Gasteiger partial charge in [-0.1, -0.05) is 53.5 Å². The number of hydrogen-bond donors (Lipinski definition) is 1. The van der Waals surface area contributed by atoms with Gasteiger partial charge in [-0.3, -0.25) is 9.59 Å². The Labute approximate surface area is 189 Å². The summed E-state index contributed by atoms with van der Waals surface area (Å²) in [5.41, 5.74) is 3.95. The van der Waals surface area contributed by atoms with Crippen molar-refractivity contribution in [1.82, 2.24) is 5.43 Å². The van der Waals surface area contributed by atoms with E-state index in [1.165, 1.54) is 12.3 Å². The number of rotatable bonds is 8. The van der Waals surface area contributed by atoms with Crippen molar-refractivity contribution in [2.45, 2.75) is 6.42 Å². The number of hydrogen-bond acceptors (Lipinski definition) is 5. The number of hydrazone groups is 1.